The number of hydrogen-bond donors (Lipinski definition) is 0. The number of allylic oxidation sites excluding steroid dienone is 1. The fourth-order valence-corrected chi connectivity index (χ4v) is 9.76. The number of benzene rings is 2. The summed E-state index contributed by atoms with van der Waals surface area (Å²) in [6.45, 7) is 12.9. The van der Waals surface area contributed by atoms with E-state index in [-0.39, 0.29) is 11.0 Å². The zero-order valence-electron chi connectivity index (χ0n) is 22.5. The van der Waals surface area contributed by atoms with Gasteiger partial charge in [0.15, 0.2) is 5.60 Å². The fraction of sp³-hybridized carbons (Fsp3) is 0.406. The first kappa shape index (κ1) is 27.5. The standard InChI is InChI=1S/C32H38O3Si/c1-8-22-32(35-26(2)33)23-15-16-27(32)21-24-31(6,7)25-34-36(30(3,4)5,28-17-11-9-12-18-28)29-19-13-10-14-20-29/h1,9-14,16-20H,15,22-23,25H2,2-7H3. The van der Waals surface area contributed by atoms with Crippen molar-refractivity contribution in [3.05, 3.63) is 72.3 Å². The normalized spacial score (nSPS) is 18.0. The van der Waals surface area contributed by atoms with E-state index in [1.54, 1.807) is 0 Å². The average Bonchev–Trinajstić information content (AvgIpc) is 3.20. The summed E-state index contributed by atoms with van der Waals surface area (Å²) >= 11 is 0. The smallest absolute Gasteiger partial charge is 0.303 e. The molecule has 0 radical (unpaired) electrons. The SMILES string of the molecule is C#CCC1(OC(C)=O)CCC=C1C#CC(C)(C)CO[Si](c1ccccc1)(c1ccccc1)C(C)(C)C. The van der Waals surface area contributed by atoms with E-state index < -0.39 is 19.3 Å². The molecular formula is C32H38O3Si. The van der Waals surface area contributed by atoms with Crippen LogP contribution in [-0.4, -0.2) is 26.5 Å². The predicted octanol–water partition coefficient (Wildman–Crippen LogP) is 5.64. The van der Waals surface area contributed by atoms with Gasteiger partial charge in [0.1, 0.15) is 0 Å². The maximum absolute atomic E-state index is 11.8. The summed E-state index contributed by atoms with van der Waals surface area (Å²) in [5.74, 6) is 9.10. The number of rotatable bonds is 7. The number of terminal acetylenes is 1. The van der Waals surface area contributed by atoms with Crippen molar-refractivity contribution in [3.8, 4) is 24.2 Å². The summed E-state index contributed by atoms with van der Waals surface area (Å²) in [4.78, 5) is 11.8. The largest absolute Gasteiger partial charge is 0.453 e. The molecule has 1 aliphatic carbocycles. The van der Waals surface area contributed by atoms with Crippen LogP contribution in [0.2, 0.25) is 5.04 Å². The van der Waals surface area contributed by atoms with Gasteiger partial charge in [-0.05, 0) is 42.1 Å². The first-order valence-corrected chi connectivity index (χ1v) is 14.5. The lowest BCUT2D eigenvalue weighted by atomic mass is 9.89. The third-order valence-electron chi connectivity index (χ3n) is 6.72. The Balaban J connectivity index is 1.97. The average molecular weight is 499 g/mol. The van der Waals surface area contributed by atoms with Crippen molar-refractivity contribution in [3.63, 3.8) is 0 Å². The van der Waals surface area contributed by atoms with Gasteiger partial charge in [-0.1, -0.05) is 99.4 Å². The molecule has 3 nitrogen and oxygen atoms in total. The molecule has 0 N–H and O–H groups in total. The van der Waals surface area contributed by atoms with Crippen LogP contribution in [0.4, 0.5) is 0 Å². The highest BCUT2D eigenvalue weighted by atomic mass is 28.4. The van der Waals surface area contributed by atoms with E-state index in [0.29, 0.717) is 19.4 Å². The van der Waals surface area contributed by atoms with Crippen molar-refractivity contribution >= 4 is 24.7 Å². The van der Waals surface area contributed by atoms with Gasteiger partial charge < -0.3 is 9.16 Å². The Kier molecular flexibility index (Phi) is 8.35. The van der Waals surface area contributed by atoms with Crippen LogP contribution < -0.4 is 10.4 Å². The van der Waals surface area contributed by atoms with Crippen LogP contribution >= 0.6 is 0 Å². The highest BCUT2D eigenvalue weighted by Crippen LogP contribution is 2.39. The molecule has 1 atom stereocenters. The van der Waals surface area contributed by atoms with Crippen LogP contribution in [-0.2, 0) is 14.0 Å². The highest BCUT2D eigenvalue weighted by Gasteiger charge is 2.50. The van der Waals surface area contributed by atoms with Crippen LogP contribution in [0.25, 0.3) is 0 Å². The Bertz CT molecular complexity index is 1150. The minimum atomic E-state index is -2.66. The van der Waals surface area contributed by atoms with Crippen molar-refractivity contribution in [2.75, 3.05) is 6.61 Å². The molecule has 0 fully saturated rings. The Morgan fingerprint density at radius 1 is 1.00 bits per heavy atom. The van der Waals surface area contributed by atoms with Crippen LogP contribution in [0.15, 0.2) is 72.3 Å². The molecule has 4 heteroatoms. The predicted molar refractivity (Wildman–Crippen MR) is 150 cm³/mol. The number of hydrogen-bond acceptors (Lipinski definition) is 3. The van der Waals surface area contributed by atoms with E-state index in [1.165, 1.54) is 17.3 Å². The van der Waals surface area contributed by atoms with Crippen molar-refractivity contribution < 1.29 is 14.0 Å². The van der Waals surface area contributed by atoms with Crippen molar-refractivity contribution in [2.24, 2.45) is 5.41 Å². The van der Waals surface area contributed by atoms with Crippen LogP contribution in [0.5, 0.6) is 0 Å². The molecule has 1 unspecified atom stereocenters. The van der Waals surface area contributed by atoms with E-state index >= 15 is 0 Å². The number of esters is 1. The lowest BCUT2D eigenvalue weighted by molar-refractivity contribution is -0.152. The van der Waals surface area contributed by atoms with Gasteiger partial charge in [-0.2, -0.15) is 0 Å². The minimum absolute atomic E-state index is 0.107. The van der Waals surface area contributed by atoms with Gasteiger partial charge >= 0.3 is 5.97 Å². The first-order chi connectivity index (χ1) is 17.0. The third kappa shape index (κ3) is 5.84. The molecule has 0 bridgehead atoms. The maximum atomic E-state index is 11.8. The lowest BCUT2D eigenvalue weighted by Gasteiger charge is -2.44. The van der Waals surface area contributed by atoms with Gasteiger partial charge in [0, 0.05) is 17.9 Å². The third-order valence-corrected chi connectivity index (χ3v) is 11.7. The molecule has 0 heterocycles. The Labute approximate surface area is 218 Å². The van der Waals surface area contributed by atoms with Gasteiger partial charge in [0.05, 0.1) is 13.0 Å². The molecule has 36 heavy (non-hydrogen) atoms. The number of carbonyl (C=O) groups excluding carboxylic acids is 1. The van der Waals surface area contributed by atoms with Crippen LogP contribution in [0.3, 0.4) is 0 Å². The van der Waals surface area contributed by atoms with Crippen molar-refractivity contribution in [1.82, 2.24) is 0 Å². The summed E-state index contributed by atoms with van der Waals surface area (Å²) in [6, 6.07) is 21.2. The Morgan fingerprint density at radius 3 is 2.03 bits per heavy atom. The highest BCUT2D eigenvalue weighted by molar-refractivity contribution is 6.99. The molecular weight excluding hydrogens is 460 g/mol. The minimum Gasteiger partial charge on any atom is -0.453 e. The fourth-order valence-electron chi connectivity index (χ4n) is 5.02. The molecule has 188 valence electrons. The van der Waals surface area contributed by atoms with Gasteiger partial charge in [0.2, 0.25) is 0 Å². The molecule has 3 rings (SSSR count). The van der Waals surface area contributed by atoms with Gasteiger partial charge in [-0.3, -0.25) is 4.79 Å². The number of carbonyl (C=O) groups is 1. The molecule has 0 saturated carbocycles. The second-order valence-electron chi connectivity index (χ2n) is 11.2. The van der Waals surface area contributed by atoms with Crippen LogP contribution in [0, 0.1) is 29.6 Å². The number of ether oxygens (including phenoxy) is 1. The van der Waals surface area contributed by atoms with E-state index in [4.69, 9.17) is 15.6 Å². The summed E-state index contributed by atoms with van der Waals surface area (Å²) in [5.41, 5.74) is -0.453. The zero-order valence-corrected chi connectivity index (χ0v) is 23.5. The molecule has 0 spiro atoms. The summed E-state index contributed by atoms with van der Waals surface area (Å²) in [5, 5.41) is 2.38. The second kappa shape index (κ2) is 10.9. The quantitative estimate of drug-likeness (QED) is 0.282. The Morgan fingerprint density at radius 2 is 1.56 bits per heavy atom. The monoisotopic (exact) mass is 498 g/mol. The molecule has 0 aromatic heterocycles. The van der Waals surface area contributed by atoms with Gasteiger partial charge in [-0.15, -0.1) is 12.3 Å². The van der Waals surface area contributed by atoms with Gasteiger partial charge in [0.25, 0.3) is 8.32 Å². The molecule has 0 amide bonds. The molecule has 0 aliphatic heterocycles. The van der Waals surface area contributed by atoms with E-state index in [9.17, 15) is 4.79 Å². The van der Waals surface area contributed by atoms with Crippen LogP contribution in [0.1, 0.15) is 60.8 Å². The second-order valence-corrected chi connectivity index (χ2v) is 15.5. The Hall–Kier alpha value is -3.05. The van der Waals surface area contributed by atoms with Gasteiger partial charge in [-0.25, -0.2) is 0 Å². The van der Waals surface area contributed by atoms with Crippen molar-refractivity contribution in [2.45, 2.75) is 71.4 Å². The molecule has 2 aromatic carbocycles. The van der Waals surface area contributed by atoms with Crippen molar-refractivity contribution in [1.29, 1.82) is 0 Å². The maximum Gasteiger partial charge on any atom is 0.303 e. The molecule has 0 saturated heterocycles. The van der Waals surface area contributed by atoms with E-state index in [1.807, 2.05) is 18.2 Å². The summed E-state index contributed by atoms with van der Waals surface area (Å²) in [7, 11) is -2.66. The summed E-state index contributed by atoms with van der Waals surface area (Å²) < 4.78 is 12.8. The topological polar surface area (TPSA) is 35.5 Å². The molecule has 2 aromatic rings. The zero-order chi connectivity index (χ0) is 26.5. The lowest BCUT2D eigenvalue weighted by Crippen LogP contribution is -2.67. The molecule has 1 aliphatic rings. The first-order valence-electron chi connectivity index (χ1n) is 12.6. The van der Waals surface area contributed by atoms with E-state index in [2.05, 4.69) is 101 Å². The summed E-state index contributed by atoms with van der Waals surface area (Å²) in [6.07, 6.45) is 9.46. The van der Waals surface area contributed by atoms with E-state index in [0.717, 1.165) is 12.0 Å².